The molecule has 0 bridgehead atoms. The maximum absolute atomic E-state index is 12.9. The Bertz CT molecular complexity index is 503. The highest BCUT2D eigenvalue weighted by Gasteiger charge is 2.10. The summed E-state index contributed by atoms with van der Waals surface area (Å²) in [5, 5.41) is 9.40. The lowest BCUT2D eigenvalue weighted by atomic mass is 10.3. The molecule has 2 aromatic rings. The van der Waals surface area contributed by atoms with Crippen LogP contribution in [0.15, 0.2) is 24.3 Å². The van der Waals surface area contributed by atoms with E-state index in [-0.39, 0.29) is 22.8 Å². The summed E-state index contributed by atoms with van der Waals surface area (Å²) in [5.74, 6) is -0.0440. The highest BCUT2D eigenvalue weighted by molar-refractivity contribution is 7.13. The van der Waals surface area contributed by atoms with Gasteiger partial charge in [-0.3, -0.25) is 0 Å². The van der Waals surface area contributed by atoms with Crippen LogP contribution in [-0.2, 0) is 6.61 Å². The van der Waals surface area contributed by atoms with Crippen LogP contribution in [0.1, 0.15) is 4.88 Å². The van der Waals surface area contributed by atoms with Crippen molar-refractivity contribution in [2.45, 2.75) is 6.61 Å². The second-order valence-electron chi connectivity index (χ2n) is 2.91. The van der Waals surface area contributed by atoms with Crippen LogP contribution in [0.4, 0.5) is 4.39 Å². The molecule has 2 rings (SSSR count). The Morgan fingerprint density at radius 3 is 2.94 bits per heavy atom. The molecule has 0 aliphatic carbocycles. The number of ether oxygens (including phenoxy) is 1. The van der Waals surface area contributed by atoms with Crippen LogP contribution >= 0.6 is 22.9 Å². The van der Waals surface area contributed by atoms with Crippen molar-refractivity contribution in [3.05, 3.63) is 40.1 Å². The second kappa shape index (κ2) is 4.78. The van der Waals surface area contributed by atoms with E-state index in [0.717, 1.165) is 11.3 Å². The minimum absolute atomic E-state index is 0.191. The molecule has 0 saturated heterocycles. The fraction of sp³-hybridized carbons (Fsp3) is 0.100. The summed E-state index contributed by atoms with van der Waals surface area (Å²) < 4.78 is 18.2. The van der Waals surface area contributed by atoms with E-state index in [1.54, 1.807) is 6.07 Å². The number of benzene rings is 1. The Morgan fingerprint density at radius 1 is 1.50 bits per heavy atom. The highest BCUT2D eigenvalue weighted by atomic mass is 35.5. The lowest BCUT2D eigenvalue weighted by Gasteiger charge is -2.00. The van der Waals surface area contributed by atoms with Crippen LogP contribution in [0.2, 0.25) is 5.15 Å². The molecule has 0 aliphatic rings. The van der Waals surface area contributed by atoms with Crippen LogP contribution in [0.3, 0.4) is 0 Å². The Hall–Kier alpha value is -1.17. The largest absolute Gasteiger partial charge is 0.431 e. The van der Waals surface area contributed by atoms with Gasteiger partial charge in [-0.2, -0.15) is 4.98 Å². The monoisotopic (exact) mass is 259 g/mol. The van der Waals surface area contributed by atoms with E-state index in [0.29, 0.717) is 10.6 Å². The van der Waals surface area contributed by atoms with Crippen molar-refractivity contribution in [3.63, 3.8) is 0 Å². The number of aromatic nitrogens is 1. The van der Waals surface area contributed by atoms with Crippen molar-refractivity contribution in [3.8, 4) is 10.9 Å². The van der Waals surface area contributed by atoms with Gasteiger partial charge in [-0.1, -0.05) is 29.0 Å². The van der Waals surface area contributed by atoms with Crippen molar-refractivity contribution in [2.24, 2.45) is 0 Å². The van der Waals surface area contributed by atoms with E-state index >= 15 is 0 Å². The molecule has 0 amide bonds. The Balaban J connectivity index is 2.20. The van der Waals surface area contributed by atoms with Crippen LogP contribution in [-0.4, -0.2) is 10.1 Å². The maximum atomic E-state index is 12.9. The van der Waals surface area contributed by atoms with Gasteiger partial charge in [0.25, 0.3) is 5.19 Å². The standard InChI is InChI=1S/C10H7ClFNO2S/c11-9-8(5-14)16-10(13-9)15-7-3-1-2-6(12)4-7/h1-4,14H,5H2. The third-order valence-electron chi connectivity index (χ3n) is 1.77. The molecule has 16 heavy (non-hydrogen) atoms. The molecule has 0 unspecified atom stereocenters. The smallest absolute Gasteiger partial charge is 0.280 e. The fourth-order valence-electron chi connectivity index (χ4n) is 1.09. The minimum Gasteiger partial charge on any atom is -0.431 e. The number of aliphatic hydroxyl groups excluding tert-OH is 1. The van der Waals surface area contributed by atoms with Crippen LogP contribution < -0.4 is 4.74 Å². The van der Waals surface area contributed by atoms with Gasteiger partial charge < -0.3 is 9.84 Å². The van der Waals surface area contributed by atoms with Crippen molar-refractivity contribution in [2.75, 3.05) is 0 Å². The normalized spacial score (nSPS) is 10.4. The number of hydrogen-bond donors (Lipinski definition) is 1. The molecular formula is C10H7ClFNO2S. The van der Waals surface area contributed by atoms with Gasteiger partial charge in [0.1, 0.15) is 16.7 Å². The van der Waals surface area contributed by atoms with Gasteiger partial charge in [0.2, 0.25) is 0 Å². The van der Waals surface area contributed by atoms with E-state index in [9.17, 15) is 4.39 Å². The molecule has 0 fully saturated rings. The first-order valence-corrected chi connectivity index (χ1v) is 5.58. The van der Waals surface area contributed by atoms with Gasteiger partial charge in [-0.05, 0) is 12.1 Å². The molecule has 3 nitrogen and oxygen atoms in total. The predicted octanol–water partition coefficient (Wildman–Crippen LogP) is 3.22. The molecule has 1 aromatic heterocycles. The van der Waals surface area contributed by atoms with Gasteiger partial charge in [-0.15, -0.1) is 0 Å². The van der Waals surface area contributed by atoms with E-state index in [1.165, 1.54) is 18.2 Å². The number of aliphatic hydroxyl groups is 1. The maximum Gasteiger partial charge on any atom is 0.280 e. The Morgan fingerprint density at radius 2 is 2.31 bits per heavy atom. The first kappa shape index (κ1) is 11.3. The average Bonchev–Trinajstić information content (AvgIpc) is 2.58. The summed E-state index contributed by atoms with van der Waals surface area (Å²) in [6.45, 7) is -0.191. The number of halogens is 2. The Kier molecular flexibility index (Phi) is 3.38. The summed E-state index contributed by atoms with van der Waals surface area (Å²) in [7, 11) is 0. The van der Waals surface area contributed by atoms with E-state index in [4.69, 9.17) is 21.4 Å². The summed E-state index contributed by atoms with van der Waals surface area (Å²) in [6, 6.07) is 5.71. The predicted molar refractivity (Wildman–Crippen MR) is 59.5 cm³/mol. The quantitative estimate of drug-likeness (QED) is 0.920. The molecule has 84 valence electrons. The zero-order valence-corrected chi connectivity index (χ0v) is 9.56. The SMILES string of the molecule is OCc1sc(Oc2cccc(F)c2)nc1Cl. The first-order valence-electron chi connectivity index (χ1n) is 4.38. The molecule has 0 aliphatic heterocycles. The highest BCUT2D eigenvalue weighted by Crippen LogP contribution is 2.31. The lowest BCUT2D eigenvalue weighted by Crippen LogP contribution is -1.83. The molecule has 6 heteroatoms. The first-order chi connectivity index (χ1) is 7.69. The molecule has 0 radical (unpaired) electrons. The molecule has 0 atom stereocenters. The minimum atomic E-state index is -0.387. The fourth-order valence-corrected chi connectivity index (χ4v) is 2.07. The van der Waals surface area contributed by atoms with Crippen LogP contribution in [0.5, 0.6) is 10.9 Å². The van der Waals surface area contributed by atoms with E-state index < -0.39 is 0 Å². The summed E-state index contributed by atoms with van der Waals surface area (Å²) in [4.78, 5) is 4.41. The molecular weight excluding hydrogens is 253 g/mol. The summed E-state index contributed by atoms with van der Waals surface area (Å²) >= 11 is 6.85. The average molecular weight is 260 g/mol. The third-order valence-corrected chi connectivity index (χ3v) is 3.12. The third kappa shape index (κ3) is 2.49. The van der Waals surface area contributed by atoms with Crippen molar-refractivity contribution in [1.82, 2.24) is 4.98 Å². The van der Waals surface area contributed by atoms with Crippen LogP contribution in [0.25, 0.3) is 0 Å². The molecule has 1 N–H and O–H groups in total. The molecule has 0 saturated carbocycles. The van der Waals surface area contributed by atoms with Crippen LogP contribution in [0, 0.1) is 5.82 Å². The second-order valence-corrected chi connectivity index (χ2v) is 4.32. The molecule has 0 spiro atoms. The lowest BCUT2D eigenvalue weighted by molar-refractivity contribution is 0.285. The molecule has 1 aromatic carbocycles. The number of hydrogen-bond acceptors (Lipinski definition) is 4. The van der Waals surface area contributed by atoms with Gasteiger partial charge in [0, 0.05) is 6.07 Å². The number of nitrogens with zero attached hydrogens (tertiary/aromatic N) is 1. The van der Waals surface area contributed by atoms with Gasteiger partial charge >= 0.3 is 0 Å². The van der Waals surface area contributed by atoms with E-state index in [1.807, 2.05) is 0 Å². The molecule has 1 heterocycles. The topological polar surface area (TPSA) is 42.4 Å². The van der Waals surface area contributed by atoms with Gasteiger partial charge in [-0.25, -0.2) is 4.39 Å². The van der Waals surface area contributed by atoms with Gasteiger partial charge in [0.15, 0.2) is 0 Å². The van der Waals surface area contributed by atoms with Crippen molar-refractivity contribution in [1.29, 1.82) is 0 Å². The number of thiazole rings is 1. The van der Waals surface area contributed by atoms with Crippen molar-refractivity contribution >= 4 is 22.9 Å². The zero-order chi connectivity index (χ0) is 11.5. The summed E-state index contributed by atoms with van der Waals surface area (Å²) in [5.41, 5.74) is 0. The Labute approximate surface area is 100 Å². The van der Waals surface area contributed by atoms with Crippen molar-refractivity contribution < 1.29 is 14.2 Å². The van der Waals surface area contributed by atoms with Gasteiger partial charge in [0.05, 0.1) is 11.5 Å². The summed E-state index contributed by atoms with van der Waals surface area (Å²) in [6.07, 6.45) is 0. The van der Waals surface area contributed by atoms with E-state index in [2.05, 4.69) is 4.98 Å². The number of rotatable bonds is 3. The zero-order valence-electron chi connectivity index (χ0n) is 7.98.